The van der Waals surface area contributed by atoms with Gasteiger partial charge in [0, 0.05) is 11.0 Å². The highest BCUT2D eigenvalue weighted by molar-refractivity contribution is 7.10. The molecule has 0 unspecified atom stereocenters. The summed E-state index contributed by atoms with van der Waals surface area (Å²) in [5, 5.41) is 6.93. The fourth-order valence-corrected chi connectivity index (χ4v) is 3.16. The summed E-state index contributed by atoms with van der Waals surface area (Å²) in [4.78, 5) is 25.5. The van der Waals surface area contributed by atoms with Crippen molar-refractivity contribution in [3.63, 3.8) is 0 Å². The molecule has 0 atom stereocenters. The topological polar surface area (TPSA) is 58.2 Å². The van der Waals surface area contributed by atoms with Gasteiger partial charge in [-0.05, 0) is 41.8 Å². The lowest BCUT2D eigenvalue weighted by molar-refractivity contribution is -0.137. The molecule has 0 aliphatic heterocycles. The molecule has 0 spiro atoms. The van der Waals surface area contributed by atoms with Gasteiger partial charge in [0.1, 0.15) is 0 Å². The summed E-state index contributed by atoms with van der Waals surface area (Å²) in [5.41, 5.74) is -1.07. The van der Waals surface area contributed by atoms with E-state index in [0.717, 1.165) is 17.0 Å². The minimum absolute atomic E-state index is 0.187. The van der Waals surface area contributed by atoms with E-state index in [1.807, 2.05) is 17.5 Å². The van der Waals surface area contributed by atoms with Gasteiger partial charge in [-0.2, -0.15) is 13.2 Å². The summed E-state index contributed by atoms with van der Waals surface area (Å²) in [5.74, 6) is -1.36. The second-order valence-corrected chi connectivity index (χ2v) is 6.86. The molecule has 0 radical (unpaired) electrons. The molecule has 0 saturated carbocycles. The van der Waals surface area contributed by atoms with Gasteiger partial charge < -0.3 is 10.6 Å². The molecule has 0 fully saturated rings. The van der Waals surface area contributed by atoms with E-state index in [-0.39, 0.29) is 11.4 Å². The van der Waals surface area contributed by atoms with Crippen LogP contribution in [0.4, 0.5) is 24.5 Å². The molecule has 3 rings (SSSR count). The summed E-state index contributed by atoms with van der Waals surface area (Å²) < 4.78 is 39.5. The Hall–Kier alpha value is -3.39. The Morgan fingerprint density at radius 3 is 2.17 bits per heavy atom. The van der Waals surface area contributed by atoms with Crippen LogP contribution in [0.3, 0.4) is 0 Å². The summed E-state index contributed by atoms with van der Waals surface area (Å²) in [6.07, 6.45) is -1.68. The molecule has 2 aromatic carbocycles. The van der Waals surface area contributed by atoms with Crippen LogP contribution >= 0.6 is 11.3 Å². The predicted molar refractivity (Wildman–Crippen MR) is 108 cm³/mol. The number of halogens is 3. The molecule has 3 aromatic rings. The van der Waals surface area contributed by atoms with E-state index in [1.54, 1.807) is 24.3 Å². The van der Waals surface area contributed by atoms with Gasteiger partial charge in [-0.25, -0.2) is 0 Å². The molecule has 29 heavy (non-hydrogen) atoms. The lowest BCUT2D eigenvalue weighted by Crippen LogP contribution is -2.19. The number of rotatable bonds is 5. The second-order valence-electron chi connectivity index (χ2n) is 5.88. The minimum Gasteiger partial charge on any atom is -0.321 e. The van der Waals surface area contributed by atoms with Crippen molar-refractivity contribution < 1.29 is 22.8 Å². The zero-order valence-electron chi connectivity index (χ0n) is 14.9. The van der Waals surface area contributed by atoms with E-state index in [4.69, 9.17) is 0 Å². The third-order valence-electron chi connectivity index (χ3n) is 3.85. The summed E-state index contributed by atoms with van der Waals surface area (Å²) in [6.45, 7) is 0. The summed E-state index contributed by atoms with van der Waals surface area (Å²) >= 11 is 1.47. The number of carbonyl (C=O) groups is 2. The van der Waals surface area contributed by atoms with Gasteiger partial charge in [0.15, 0.2) is 0 Å². The molecule has 0 aliphatic carbocycles. The van der Waals surface area contributed by atoms with Gasteiger partial charge in [-0.1, -0.05) is 30.3 Å². The molecule has 4 nitrogen and oxygen atoms in total. The van der Waals surface area contributed by atoms with E-state index < -0.39 is 29.1 Å². The van der Waals surface area contributed by atoms with E-state index in [9.17, 15) is 22.8 Å². The van der Waals surface area contributed by atoms with E-state index in [0.29, 0.717) is 0 Å². The Kier molecular flexibility index (Phi) is 6.13. The second kappa shape index (κ2) is 8.74. The average molecular weight is 416 g/mol. The van der Waals surface area contributed by atoms with Gasteiger partial charge in [0.05, 0.1) is 22.5 Å². The predicted octanol–water partition coefficient (Wildman–Crippen LogP) is 5.67. The van der Waals surface area contributed by atoms with Crippen molar-refractivity contribution in [1.29, 1.82) is 0 Å². The van der Waals surface area contributed by atoms with Crippen LogP contribution < -0.4 is 10.6 Å². The molecule has 1 heterocycles. The number of benzene rings is 2. The maximum absolute atomic E-state index is 13.2. The number of hydrogen-bond acceptors (Lipinski definition) is 3. The summed E-state index contributed by atoms with van der Waals surface area (Å²) in [6, 6.07) is 14.5. The van der Waals surface area contributed by atoms with Crippen molar-refractivity contribution in [3.05, 3.63) is 88.1 Å². The van der Waals surface area contributed by atoms with Crippen LogP contribution in [0.15, 0.2) is 72.1 Å². The van der Waals surface area contributed by atoms with Crippen LogP contribution in [0.2, 0.25) is 0 Å². The van der Waals surface area contributed by atoms with Crippen molar-refractivity contribution in [2.75, 3.05) is 10.6 Å². The first kappa shape index (κ1) is 20.3. The number of carbonyl (C=O) groups excluding carboxylic acids is 2. The highest BCUT2D eigenvalue weighted by atomic mass is 32.1. The monoisotopic (exact) mass is 416 g/mol. The minimum atomic E-state index is -4.66. The molecule has 8 heteroatoms. The lowest BCUT2D eigenvalue weighted by atomic mass is 10.1. The number of anilines is 2. The van der Waals surface area contributed by atoms with E-state index in [2.05, 4.69) is 10.6 Å². The van der Waals surface area contributed by atoms with Crippen LogP contribution in [-0.2, 0) is 11.0 Å². The van der Waals surface area contributed by atoms with Crippen molar-refractivity contribution in [2.45, 2.75) is 6.18 Å². The SMILES string of the molecule is O=C(C=Cc1cccs1)Nc1ccccc1NC(=O)c1ccccc1C(F)(F)F. The maximum Gasteiger partial charge on any atom is 0.417 e. The van der Waals surface area contributed by atoms with Gasteiger partial charge >= 0.3 is 6.18 Å². The molecule has 2 N–H and O–H groups in total. The first-order valence-electron chi connectivity index (χ1n) is 8.44. The largest absolute Gasteiger partial charge is 0.417 e. The number of nitrogens with one attached hydrogen (secondary N) is 2. The van der Waals surface area contributed by atoms with E-state index in [1.165, 1.54) is 35.6 Å². The van der Waals surface area contributed by atoms with Crippen LogP contribution in [-0.4, -0.2) is 11.8 Å². The Morgan fingerprint density at radius 2 is 1.52 bits per heavy atom. The number of alkyl halides is 3. The highest BCUT2D eigenvalue weighted by Crippen LogP contribution is 2.32. The fraction of sp³-hybridized carbons (Fsp3) is 0.0476. The van der Waals surface area contributed by atoms with E-state index >= 15 is 0 Å². The van der Waals surface area contributed by atoms with Crippen molar-refractivity contribution in [2.24, 2.45) is 0 Å². The lowest BCUT2D eigenvalue weighted by Gasteiger charge is -2.14. The highest BCUT2D eigenvalue weighted by Gasteiger charge is 2.34. The van der Waals surface area contributed by atoms with Crippen LogP contribution in [0.1, 0.15) is 20.8 Å². The number of hydrogen-bond donors (Lipinski definition) is 2. The quantitative estimate of drug-likeness (QED) is 0.527. The molecule has 148 valence electrons. The zero-order valence-corrected chi connectivity index (χ0v) is 15.7. The zero-order chi connectivity index (χ0) is 20.9. The van der Waals surface area contributed by atoms with Crippen molar-refractivity contribution >= 4 is 40.6 Å². The molecule has 1 aromatic heterocycles. The van der Waals surface area contributed by atoms with Crippen LogP contribution in [0, 0.1) is 0 Å². The Bertz CT molecular complexity index is 1040. The first-order chi connectivity index (χ1) is 13.8. The third kappa shape index (κ3) is 5.32. The Morgan fingerprint density at radius 1 is 0.862 bits per heavy atom. The Balaban J connectivity index is 1.78. The van der Waals surface area contributed by atoms with Crippen LogP contribution in [0.5, 0.6) is 0 Å². The first-order valence-corrected chi connectivity index (χ1v) is 9.32. The maximum atomic E-state index is 13.2. The van der Waals surface area contributed by atoms with Gasteiger partial charge in [-0.3, -0.25) is 9.59 Å². The van der Waals surface area contributed by atoms with Gasteiger partial charge in [0.2, 0.25) is 5.91 Å². The smallest absolute Gasteiger partial charge is 0.321 e. The molecular formula is C21H15F3N2O2S. The van der Waals surface area contributed by atoms with Crippen molar-refractivity contribution in [1.82, 2.24) is 0 Å². The van der Waals surface area contributed by atoms with Gasteiger partial charge in [0.25, 0.3) is 5.91 Å². The van der Waals surface area contributed by atoms with Crippen molar-refractivity contribution in [3.8, 4) is 0 Å². The van der Waals surface area contributed by atoms with Crippen LogP contribution in [0.25, 0.3) is 6.08 Å². The molecule has 0 bridgehead atoms. The Labute approximate surface area is 168 Å². The number of para-hydroxylation sites is 2. The molecule has 2 amide bonds. The third-order valence-corrected chi connectivity index (χ3v) is 4.69. The standard InChI is InChI=1S/C21H15F3N2O2S/c22-21(23,24)16-8-2-1-7-15(16)20(28)26-18-10-4-3-9-17(18)25-19(27)12-11-14-6-5-13-29-14/h1-13H,(H,25,27)(H,26,28). The molecule has 0 saturated heterocycles. The number of amides is 2. The fourth-order valence-electron chi connectivity index (χ4n) is 2.54. The van der Waals surface area contributed by atoms with Gasteiger partial charge in [-0.15, -0.1) is 11.3 Å². The molecule has 0 aliphatic rings. The summed E-state index contributed by atoms with van der Waals surface area (Å²) in [7, 11) is 0. The normalized spacial score (nSPS) is 11.4. The number of thiophene rings is 1. The molecular weight excluding hydrogens is 401 g/mol. The average Bonchev–Trinajstić information content (AvgIpc) is 3.21.